The molecule has 0 bridgehead atoms. The molecule has 278 valence electrons. The van der Waals surface area contributed by atoms with Crippen molar-refractivity contribution in [2.75, 3.05) is 0 Å². The van der Waals surface area contributed by atoms with Gasteiger partial charge in [0.15, 0.2) is 0 Å². The molecule has 0 spiro atoms. The molecule has 0 aliphatic carbocycles. The zero-order valence-electron chi connectivity index (χ0n) is 33.7. The molecule has 0 radical (unpaired) electrons. The van der Waals surface area contributed by atoms with Crippen molar-refractivity contribution in [3.63, 3.8) is 0 Å². The molecule has 0 aliphatic rings. The van der Waals surface area contributed by atoms with Crippen LogP contribution in [-0.2, 0) is 23.7 Å². The Morgan fingerprint density at radius 1 is 0.400 bits per heavy atom. The van der Waals surface area contributed by atoms with Crippen molar-refractivity contribution in [1.82, 2.24) is 0 Å². The highest BCUT2D eigenvalue weighted by molar-refractivity contribution is 5.47. The number of rotatable bonds is 26. The van der Waals surface area contributed by atoms with E-state index in [9.17, 15) is 0 Å². The first kappa shape index (κ1) is 41.7. The Bertz CT molecular complexity index is 1240. The van der Waals surface area contributed by atoms with E-state index in [-0.39, 0.29) is 10.8 Å². The summed E-state index contributed by atoms with van der Waals surface area (Å²) >= 11 is 0. The van der Waals surface area contributed by atoms with E-state index in [1.165, 1.54) is 138 Å². The smallest absolute Gasteiger partial charge is 0.131 e. The Morgan fingerprint density at radius 2 is 0.740 bits per heavy atom. The molecule has 50 heavy (non-hydrogen) atoms. The number of hydrogen-bond acceptors (Lipinski definition) is 2. The van der Waals surface area contributed by atoms with Crippen LogP contribution in [-0.4, -0.2) is 0 Å². The van der Waals surface area contributed by atoms with Gasteiger partial charge in [0.2, 0.25) is 0 Å². The lowest BCUT2D eigenvalue weighted by molar-refractivity contribution is 0.406. The van der Waals surface area contributed by atoms with Gasteiger partial charge in [0.05, 0.1) is 0 Å². The van der Waals surface area contributed by atoms with Crippen molar-refractivity contribution in [3.8, 4) is 23.0 Å². The van der Waals surface area contributed by atoms with Crippen molar-refractivity contribution in [3.05, 3.63) is 82.9 Å². The summed E-state index contributed by atoms with van der Waals surface area (Å²) in [5.74, 6) is 3.68. The maximum atomic E-state index is 6.68. The van der Waals surface area contributed by atoms with E-state index in [0.717, 1.165) is 35.8 Å². The monoisotopic (exact) mass is 683 g/mol. The van der Waals surface area contributed by atoms with Crippen LogP contribution in [0.4, 0.5) is 0 Å². The fourth-order valence-corrected chi connectivity index (χ4v) is 7.30. The Morgan fingerprint density at radius 3 is 1.08 bits per heavy atom. The number of benzene rings is 3. The molecule has 2 heteroatoms. The first-order valence-corrected chi connectivity index (χ1v) is 20.9. The number of aryl methyl sites for hydroxylation is 2. The molecule has 0 atom stereocenters. The number of ether oxygens (including phenoxy) is 2. The molecule has 0 saturated carbocycles. The maximum absolute atomic E-state index is 6.68. The molecular weight excluding hydrogens is 609 g/mol. The van der Waals surface area contributed by atoms with Crippen LogP contribution in [0.5, 0.6) is 23.0 Å². The highest BCUT2D eigenvalue weighted by atomic mass is 16.5. The maximum Gasteiger partial charge on any atom is 0.131 e. The van der Waals surface area contributed by atoms with E-state index >= 15 is 0 Å². The van der Waals surface area contributed by atoms with Crippen LogP contribution < -0.4 is 9.47 Å². The van der Waals surface area contributed by atoms with Gasteiger partial charge < -0.3 is 9.47 Å². The lowest BCUT2D eigenvalue weighted by Crippen LogP contribution is -2.18. The van der Waals surface area contributed by atoms with Crippen molar-refractivity contribution in [2.45, 2.75) is 195 Å². The van der Waals surface area contributed by atoms with Crippen molar-refractivity contribution in [2.24, 2.45) is 0 Å². The first-order chi connectivity index (χ1) is 24.1. The van der Waals surface area contributed by atoms with Crippen LogP contribution in [0.1, 0.15) is 193 Å². The van der Waals surface area contributed by atoms with Crippen LogP contribution in [0.2, 0.25) is 0 Å². The first-order valence-electron chi connectivity index (χ1n) is 20.9. The molecule has 2 nitrogen and oxygen atoms in total. The molecule has 3 aromatic carbocycles. The molecule has 0 amide bonds. The van der Waals surface area contributed by atoms with Gasteiger partial charge in [0.25, 0.3) is 0 Å². The third kappa shape index (κ3) is 14.1. The third-order valence-electron chi connectivity index (χ3n) is 10.8. The summed E-state index contributed by atoms with van der Waals surface area (Å²) < 4.78 is 13.4. The van der Waals surface area contributed by atoms with Gasteiger partial charge in [-0.25, -0.2) is 0 Å². The molecule has 0 heterocycles. The van der Waals surface area contributed by atoms with Gasteiger partial charge in [-0.3, -0.25) is 0 Å². The Kier molecular flexibility index (Phi) is 18.5. The Labute approximate surface area is 309 Å². The second-order valence-corrected chi connectivity index (χ2v) is 16.3. The summed E-state index contributed by atoms with van der Waals surface area (Å²) in [6.45, 7) is 18.7. The fourth-order valence-electron chi connectivity index (χ4n) is 7.30. The Hall–Kier alpha value is -2.74. The summed E-state index contributed by atoms with van der Waals surface area (Å²) in [4.78, 5) is 0. The van der Waals surface area contributed by atoms with E-state index in [4.69, 9.17) is 9.47 Å². The van der Waals surface area contributed by atoms with Gasteiger partial charge >= 0.3 is 0 Å². The summed E-state index contributed by atoms with van der Waals surface area (Å²) in [6, 6.07) is 22.2. The van der Waals surface area contributed by atoms with E-state index < -0.39 is 0 Å². The topological polar surface area (TPSA) is 18.5 Å². The summed E-state index contributed by atoms with van der Waals surface area (Å²) in [7, 11) is 0. The van der Waals surface area contributed by atoms with Crippen molar-refractivity contribution < 1.29 is 9.47 Å². The van der Waals surface area contributed by atoms with Crippen molar-refractivity contribution in [1.29, 1.82) is 0 Å². The second kappa shape index (κ2) is 22.3. The largest absolute Gasteiger partial charge is 0.457 e. The minimum absolute atomic E-state index is 0.0491. The van der Waals surface area contributed by atoms with Crippen LogP contribution in [0.25, 0.3) is 0 Å². The summed E-state index contributed by atoms with van der Waals surface area (Å²) in [5.41, 5.74) is 5.64. The molecule has 0 fully saturated rings. The summed E-state index contributed by atoms with van der Waals surface area (Å²) in [5, 5.41) is 0. The van der Waals surface area contributed by atoms with Crippen LogP contribution >= 0.6 is 0 Å². The third-order valence-corrected chi connectivity index (χ3v) is 10.8. The van der Waals surface area contributed by atoms with Crippen LogP contribution in [0.15, 0.2) is 60.7 Å². The van der Waals surface area contributed by atoms with Gasteiger partial charge in [-0.2, -0.15) is 0 Å². The van der Waals surface area contributed by atoms with Crippen LogP contribution in [0, 0.1) is 0 Å². The SMILES string of the molecule is CCCCCCc1ccc(Oc2ccc(Oc3ccc(CCCCCC)cc3C(C)(C)CCCCCC)cc2)c(C(C)(C)CCCCCC)c1. The molecule has 3 rings (SSSR count). The lowest BCUT2D eigenvalue weighted by atomic mass is 9.78. The Balaban J connectivity index is 1.81. The molecule has 0 aromatic heterocycles. The van der Waals surface area contributed by atoms with Crippen LogP contribution in [0.3, 0.4) is 0 Å². The van der Waals surface area contributed by atoms with E-state index in [0.29, 0.717) is 0 Å². The molecule has 0 unspecified atom stereocenters. The van der Waals surface area contributed by atoms with E-state index in [1.54, 1.807) is 0 Å². The highest BCUT2D eigenvalue weighted by Crippen LogP contribution is 2.41. The fraction of sp³-hybridized carbons (Fsp3) is 0.625. The zero-order chi connectivity index (χ0) is 36.2. The van der Waals surface area contributed by atoms with E-state index in [1.807, 2.05) is 0 Å². The van der Waals surface area contributed by atoms with E-state index in [2.05, 4.69) is 116 Å². The zero-order valence-corrected chi connectivity index (χ0v) is 33.7. The molecule has 0 N–H and O–H groups in total. The number of hydrogen-bond donors (Lipinski definition) is 0. The molecule has 3 aromatic rings. The number of unbranched alkanes of at least 4 members (excludes halogenated alkanes) is 12. The van der Waals surface area contributed by atoms with Gasteiger partial charge in [-0.05, 0) is 96.9 Å². The van der Waals surface area contributed by atoms with Gasteiger partial charge in [0, 0.05) is 11.1 Å². The average Bonchev–Trinajstić information content (AvgIpc) is 3.10. The minimum atomic E-state index is 0.0491. The van der Waals surface area contributed by atoms with Crippen molar-refractivity contribution >= 4 is 0 Å². The highest BCUT2D eigenvalue weighted by Gasteiger charge is 2.26. The minimum Gasteiger partial charge on any atom is -0.457 e. The molecule has 0 aliphatic heterocycles. The summed E-state index contributed by atoms with van der Waals surface area (Å²) in [6.07, 6.45) is 25.2. The van der Waals surface area contributed by atoms with Gasteiger partial charge in [-0.15, -0.1) is 0 Å². The second-order valence-electron chi connectivity index (χ2n) is 16.3. The predicted octanol–water partition coefficient (Wildman–Crippen LogP) is 16.0. The quantitative estimate of drug-likeness (QED) is 0.0785. The van der Waals surface area contributed by atoms with Gasteiger partial charge in [-0.1, -0.05) is 170 Å². The molecule has 0 saturated heterocycles. The predicted molar refractivity (Wildman–Crippen MR) is 219 cm³/mol. The average molecular weight is 683 g/mol. The van der Waals surface area contributed by atoms with Gasteiger partial charge in [0.1, 0.15) is 23.0 Å². The molecular formula is C48H74O2. The lowest BCUT2D eigenvalue weighted by Gasteiger charge is -2.29. The standard InChI is InChI=1S/C48H74O2/c1-9-13-17-21-25-39-27-33-45(43(37-39)47(5,6)35-23-19-15-11-3)49-41-29-31-42(32-30-41)50-46-34-28-40(26-22-18-14-10-2)38-44(46)48(7,8)36-24-20-16-12-4/h27-34,37-38H,9-26,35-36H2,1-8H3. The normalized spacial score (nSPS) is 12.0.